The van der Waals surface area contributed by atoms with Crippen molar-refractivity contribution in [3.05, 3.63) is 83.8 Å². The number of benzene rings is 2. The zero-order valence-electron chi connectivity index (χ0n) is 19.2. The molecule has 2 aromatic carbocycles. The molecule has 6 heteroatoms. The van der Waals surface area contributed by atoms with E-state index in [0.29, 0.717) is 5.92 Å². The van der Waals surface area contributed by atoms with Crippen LogP contribution in [-0.4, -0.2) is 28.0 Å². The molecule has 5 aromatic rings. The van der Waals surface area contributed by atoms with Gasteiger partial charge in [0.25, 0.3) is 0 Å². The molecular weight excluding hydrogens is 438 g/mol. The SMILES string of the molecule is Cc1csc2ccc(-c3cc(NC(c4cccnc4)C4CCNCC4)cc4nccnc34)cc12. The monoisotopic (exact) mass is 465 g/mol. The van der Waals surface area contributed by atoms with Crippen molar-refractivity contribution in [2.45, 2.75) is 25.8 Å². The van der Waals surface area contributed by atoms with Crippen LogP contribution in [0.5, 0.6) is 0 Å². The van der Waals surface area contributed by atoms with Crippen LogP contribution in [-0.2, 0) is 0 Å². The fourth-order valence-corrected chi connectivity index (χ4v) is 6.02. The van der Waals surface area contributed by atoms with Crippen molar-refractivity contribution in [3.8, 4) is 11.1 Å². The number of aryl methyl sites for hydroxylation is 1. The molecule has 0 bridgehead atoms. The Morgan fingerprint density at radius 3 is 2.76 bits per heavy atom. The zero-order chi connectivity index (χ0) is 22.9. The molecule has 2 N–H and O–H groups in total. The minimum Gasteiger partial charge on any atom is -0.378 e. The Morgan fingerprint density at radius 1 is 1.03 bits per heavy atom. The Morgan fingerprint density at radius 2 is 1.91 bits per heavy atom. The molecule has 6 rings (SSSR count). The molecule has 0 amide bonds. The summed E-state index contributed by atoms with van der Waals surface area (Å²) in [6.45, 7) is 4.28. The first kappa shape index (κ1) is 21.2. The highest BCUT2D eigenvalue weighted by Crippen LogP contribution is 2.37. The van der Waals surface area contributed by atoms with Crippen LogP contribution < -0.4 is 10.6 Å². The maximum atomic E-state index is 4.71. The molecule has 170 valence electrons. The molecule has 0 spiro atoms. The lowest BCUT2D eigenvalue weighted by Crippen LogP contribution is -2.33. The normalized spacial score (nSPS) is 15.6. The van der Waals surface area contributed by atoms with E-state index < -0.39 is 0 Å². The standard InChI is InChI=1S/C28H27N5S/c1-18-17-34-26-5-4-20(13-23(18)26)24-14-22(15-25-28(24)32-12-11-31-25)33-27(19-6-9-29-10-7-19)21-3-2-8-30-16-21/h2-5,8,11-17,19,27,29,33H,6-7,9-10H2,1H3. The van der Waals surface area contributed by atoms with E-state index in [1.807, 2.05) is 18.5 Å². The second kappa shape index (κ2) is 9.12. The lowest BCUT2D eigenvalue weighted by Gasteiger charge is -2.32. The molecule has 0 aliphatic carbocycles. The summed E-state index contributed by atoms with van der Waals surface area (Å²) >= 11 is 1.80. The molecule has 5 nitrogen and oxygen atoms in total. The molecule has 1 unspecified atom stereocenters. The minimum absolute atomic E-state index is 0.194. The summed E-state index contributed by atoms with van der Waals surface area (Å²) in [5.74, 6) is 0.538. The summed E-state index contributed by atoms with van der Waals surface area (Å²) in [7, 11) is 0. The van der Waals surface area contributed by atoms with Gasteiger partial charge in [-0.05, 0) is 96.6 Å². The smallest absolute Gasteiger partial charge is 0.0966 e. The third kappa shape index (κ3) is 4.04. The Labute approximate surface area is 203 Å². The van der Waals surface area contributed by atoms with Crippen molar-refractivity contribution >= 4 is 38.1 Å². The van der Waals surface area contributed by atoms with Crippen LogP contribution >= 0.6 is 11.3 Å². The van der Waals surface area contributed by atoms with Gasteiger partial charge in [-0.15, -0.1) is 11.3 Å². The predicted molar refractivity (Wildman–Crippen MR) is 141 cm³/mol. The van der Waals surface area contributed by atoms with Gasteiger partial charge in [0.2, 0.25) is 0 Å². The van der Waals surface area contributed by atoms with Gasteiger partial charge in [0.05, 0.1) is 17.1 Å². The second-order valence-corrected chi connectivity index (χ2v) is 9.98. The molecule has 0 saturated carbocycles. The van der Waals surface area contributed by atoms with E-state index in [1.54, 1.807) is 23.7 Å². The number of nitrogens with zero attached hydrogens (tertiary/aromatic N) is 3. The van der Waals surface area contributed by atoms with Crippen LogP contribution in [0.25, 0.3) is 32.2 Å². The third-order valence-corrected chi connectivity index (χ3v) is 7.95. The summed E-state index contributed by atoms with van der Waals surface area (Å²) in [6, 6.07) is 15.5. The third-order valence-electron chi connectivity index (χ3n) is 6.87. The van der Waals surface area contributed by atoms with E-state index in [9.17, 15) is 0 Å². The molecular formula is C28H27N5S. The highest BCUT2D eigenvalue weighted by molar-refractivity contribution is 7.17. The first-order chi connectivity index (χ1) is 16.8. The lowest BCUT2D eigenvalue weighted by molar-refractivity contribution is 0.335. The van der Waals surface area contributed by atoms with Gasteiger partial charge in [-0.25, -0.2) is 0 Å². The fourth-order valence-electron chi connectivity index (χ4n) is 5.09. The van der Waals surface area contributed by atoms with Gasteiger partial charge in [-0.3, -0.25) is 15.0 Å². The largest absolute Gasteiger partial charge is 0.378 e. The van der Waals surface area contributed by atoms with Crippen LogP contribution in [0, 0.1) is 12.8 Å². The first-order valence-corrected chi connectivity index (χ1v) is 12.7. The number of piperidine rings is 1. The molecule has 34 heavy (non-hydrogen) atoms. The Hall–Kier alpha value is -3.35. The topological polar surface area (TPSA) is 62.7 Å². The summed E-state index contributed by atoms with van der Waals surface area (Å²) in [4.78, 5) is 13.8. The van der Waals surface area contributed by atoms with Crippen molar-refractivity contribution in [2.24, 2.45) is 5.92 Å². The number of pyridine rings is 1. The van der Waals surface area contributed by atoms with Crippen molar-refractivity contribution in [3.63, 3.8) is 0 Å². The lowest BCUT2D eigenvalue weighted by atomic mass is 9.86. The van der Waals surface area contributed by atoms with Gasteiger partial charge in [0.15, 0.2) is 0 Å². The van der Waals surface area contributed by atoms with Crippen molar-refractivity contribution in [1.29, 1.82) is 0 Å². The summed E-state index contributed by atoms with van der Waals surface area (Å²) in [6.07, 6.45) is 9.67. The Kier molecular flexibility index (Phi) is 5.69. The van der Waals surface area contributed by atoms with Crippen molar-refractivity contribution < 1.29 is 0 Å². The van der Waals surface area contributed by atoms with E-state index in [1.165, 1.54) is 26.8 Å². The highest BCUT2D eigenvalue weighted by Gasteiger charge is 2.25. The van der Waals surface area contributed by atoms with Gasteiger partial charge in [-0.1, -0.05) is 12.1 Å². The maximum Gasteiger partial charge on any atom is 0.0966 e. The summed E-state index contributed by atoms with van der Waals surface area (Å²) in [5, 5.41) is 10.9. The number of nitrogens with one attached hydrogen (secondary N) is 2. The number of rotatable bonds is 5. The molecule has 1 atom stereocenters. The van der Waals surface area contributed by atoms with Gasteiger partial charge < -0.3 is 10.6 Å². The van der Waals surface area contributed by atoms with E-state index in [2.05, 4.69) is 69.3 Å². The van der Waals surface area contributed by atoms with Crippen LogP contribution in [0.1, 0.15) is 30.0 Å². The van der Waals surface area contributed by atoms with Gasteiger partial charge in [-0.2, -0.15) is 0 Å². The molecule has 3 aromatic heterocycles. The van der Waals surface area contributed by atoms with Crippen LogP contribution in [0.15, 0.2) is 72.6 Å². The number of fused-ring (bicyclic) bond motifs is 2. The second-order valence-electron chi connectivity index (χ2n) is 9.07. The number of anilines is 1. The Bertz CT molecular complexity index is 1440. The van der Waals surface area contributed by atoms with Crippen molar-refractivity contribution in [1.82, 2.24) is 20.3 Å². The quantitative estimate of drug-likeness (QED) is 0.316. The van der Waals surface area contributed by atoms with Gasteiger partial charge >= 0.3 is 0 Å². The number of aromatic nitrogens is 3. The van der Waals surface area contributed by atoms with E-state index >= 15 is 0 Å². The zero-order valence-corrected chi connectivity index (χ0v) is 20.0. The van der Waals surface area contributed by atoms with Crippen LogP contribution in [0.2, 0.25) is 0 Å². The van der Waals surface area contributed by atoms with E-state index in [-0.39, 0.29) is 6.04 Å². The van der Waals surface area contributed by atoms with Crippen LogP contribution in [0.4, 0.5) is 5.69 Å². The average molecular weight is 466 g/mol. The molecule has 1 aliphatic heterocycles. The number of hydrogen-bond donors (Lipinski definition) is 2. The first-order valence-electron chi connectivity index (χ1n) is 11.9. The number of hydrogen-bond acceptors (Lipinski definition) is 6. The molecule has 1 aliphatic rings. The summed E-state index contributed by atoms with van der Waals surface area (Å²) in [5.41, 5.74) is 7.72. The maximum absolute atomic E-state index is 4.71. The highest BCUT2D eigenvalue weighted by atomic mass is 32.1. The van der Waals surface area contributed by atoms with Crippen molar-refractivity contribution in [2.75, 3.05) is 18.4 Å². The molecule has 1 fully saturated rings. The van der Waals surface area contributed by atoms with E-state index in [0.717, 1.165) is 48.2 Å². The average Bonchev–Trinajstić information content (AvgIpc) is 3.27. The van der Waals surface area contributed by atoms with Gasteiger partial charge in [0.1, 0.15) is 0 Å². The molecule has 1 saturated heterocycles. The predicted octanol–water partition coefficient (Wildman–Crippen LogP) is 6.37. The minimum atomic E-state index is 0.194. The summed E-state index contributed by atoms with van der Waals surface area (Å²) < 4.78 is 1.31. The molecule has 4 heterocycles. The van der Waals surface area contributed by atoms with E-state index in [4.69, 9.17) is 4.98 Å². The Balaban J connectivity index is 1.45. The fraction of sp³-hybridized carbons (Fsp3) is 0.250. The number of thiophene rings is 1. The van der Waals surface area contributed by atoms with Gasteiger partial charge in [0, 0.05) is 40.7 Å². The van der Waals surface area contributed by atoms with Crippen LogP contribution in [0.3, 0.4) is 0 Å². The molecule has 0 radical (unpaired) electrons.